The van der Waals surface area contributed by atoms with Gasteiger partial charge in [-0.25, -0.2) is 9.67 Å². The van der Waals surface area contributed by atoms with Crippen LogP contribution >= 0.6 is 0 Å². The molecule has 9 nitrogen and oxygen atoms in total. The van der Waals surface area contributed by atoms with E-state index in [2.05, 4.69) is 82.6 Å². The van der Waals surface area contributed by atoms with Crippen molar-refractivity contribution >= 4 is 22.3 Å². The van der Waals surface area contributed by atoms with E-state index in [4.69, 9.17) is 14.7 Å². The zero-order valence-electron chi connectivity index (χ0n) is 25.8. The van der Waals surface area contributed by atoms with E-state index in [1.807, 2.05) is 30.3 Å². The van der Waals surface area contributed by atoms with Crippen LogP contribution in [0.3, 0.4) is 0 Å². The predicted octanol–water partition coefficient (Wildman–Crippen LogP) is 5.67. The molecule has 1 saturated carbocycles. The Morgan fingerprint density at radius 1 is 0.977 bits per heavy atom. The van der Waals surface area contributed by atoms with Crippen molar-refractivity contribution in [2.45, 2.75) is 45.7 Å². The minimum Gasteiger partial charge on any atom is -0.463 e. The van der Waals surface area contributed by atoms with E-state index in [0.29, 0.717) is 31.5 Å². The van der Waals surface area contributed by atoms with Gasteiger partial charge in [0.15, 0.2) is 5.82 Å². The lowest BCUT2D eigenvalue weighted by Gasteiger charge is -2.32. The molecule has 7 rings (SSSR count). The quantitative estimate of drug-likeness (QED) is 0.211. The summed E-state index contributed by atoms with van der Waals surface area (Å²) in [5.41, 5.74) is 5.95. The molecule has 0 radical (unpaired) electrons. The maximum atomic E-state index is 6.36. The highest BCUT2D eigenvalue weighted by Gasteiger charge is 2.44. The van der Waals surface area contributed by atoms with Crippen molar-refractivity contribution in [3.63, 3.8) is 0 Å². The number of hydrogen-bond donors (Lipinski definition) is 1. The van der Waals surface area contributed by atoms with Crippen molar-refractivity contribution < 1.29 is 4.74 Å². The third kappa shape index (κ3) is 5.84. The average molecular weight is 589 g/mol. The topological polar surface area (TPSA) is 84.2 Å². The van der Waals surface area contributed by atoms with Crippen LogP contribution in [0.4, 0.5) is 11.5 Å². The molecule has 3 heterocycles. The highest BCUT2D eigenvalue weighted by Crippen LogP contribution is 2.46. The monoisotopic (exact) mass is 588 g/mol. The van der Waals surface area contributed by atoms with Crippen LogP contribution in [0.1, 0.15) is 42.4 Å². The molecule has 5 aromatic rings. The first-order valence-corrected chi connectivity index (χ1v) is 15.6. The van der Waals surface area contributed by atoms with E-state index in [1.54, 1.807) is 11.0 Å². The van der Waals surface area contributed by atoms with Gasteiger partial charge < -0.3 is 19.9 Å². The average Bonchev–Trinajstić information content (AvgIpc) is 3.64. The van der Waals surface area contributed by atoms with Crippen LogP contribution in [0.25, 0.3) is 16.5 Å². The molecular formula is C35H40N8O. The van der Waals surface area contributed by atoms with Gasteiger partial charge in [-0.1, -0.05) is 55.5 Å². The highest BCUT2D eigenvalue weighted by molar-refractivity contribution is 5.97. The molecule has 1 aliphatic heterocycles. The number of fused-ring (bicyclic) bond motifs is 2. The van der Waals surface area contributed by atoms with Gasteiger partial charge in [0.05, 0.1) is 31.1 Å². The minimum absolute atomic E-state index is 0.191. The van der Waals surface area contributed by atoms with Crippen LogP contribution in [-0.2, 0) is 25.9 Å². The van der Waals surface area contributed by atoms with Crippen LogP contribution in [0, 0.1) is 5.41 Å². The molecule has 2 aromatic heterocycles. The smallest absolute Gasteiger partial charge is 0.318 e. The van der Waals surface area contributed by atoms with E-state index >= 15 is 0 Å². The van der Waals surface area contributed by atoms with E-state index in [-0.39, 0.29) is 5.41 Å². The normalized spacial score (nSPS) is 15.4. The summed E-state index contributed by atoms with van der Waals surface area (Å²) < 4.78 is 8.16. The van der Waals surface area contributed by atoms with Crippen molar-refractivity contribution in [3.05, 3.63) is 95.7 Å². The second-order valence-corrected chi connectivity index (χ2v) is 12.4. The fourth-order valence-corrected chi connectivity index (χ4v) is 6.44. The molecular weight excluding hydrogens is 548 g/mol. The second kappa shape index (κ2) is 11.9. The van der Waals surface area contributed by atoms with Gasteiger partial charge in [-0.2, -0.15) is 9.97 Å². The van der Waals surface area contributed by atoms with Crippen molar-refractivity contribution in [2.24, 2.45) is 5.41 Å². The van der Waals surface area contributed by atoms with E-state index in [9.17, 15) is 0 Å². The maximum absolute atomic E-state index is 6.36. The van der Waals surface area contributed by atoms with Gasteiger partial charge in [0, 0.05) is 35.1 Å². The standard InChI is InChI=1S/C35H40N8O/c1-4-25-10-8-11-26-12-9-15-30(32(25)26)42-19-16-28-29(21-42)38-34(44-23-35(17-18-35)22-41(2)3)39-33(28)36-20-31-37-24-43(40-31)27-13-6-5-7-14-27/h5-15,24H,4,16-23H2,1-3H3,(H,36,38,39). The van der Waals surface area contributed by atoms with Gasteiger partial charge in [-0.05, 0) is 68.9 Å². The molecule has 0 spiro atoms. The molecule has 1 aliphatic carbocycles. The number of anilines is 2. The number of rotatable bonds is 11. The molecule has 0 bridgehead atoms. The summed E-state index contributed by atoms with van der Waals surface area (Å²) >= 11 is 0. The fraction of sp³-hybridized carbons (Fsp3) is 0.371. The summed E-state index contributed by atoms with van der Waals surface area (Å²) in [6.45, 7) is 5.90. The first-order valence-electron chi connectivity index (χ1n) is 15.6. The van der Waals surface area contributed by atoms with Gasteiger partial charge in [-0.3, -0.25) is 0 Å². The molecule has 1 fully saturated rings. The molecule has 44 heavy (non-hydrogen) atoms. The zero-order chi connectivity index (χ0) is 30.1. The minimum atomic E-state index is 0.191. The SMILES string of the molecule is CCc1cccc2cccc(N3CCc4c(nc(OCC5(CN(C)C)CC5)nc4NCc4ncn(-c5ccccc5)n4)C3)c12. The number of para-hydroxylation sites is 1. The van der Waals surface area contributed by atoms with Crippen LogP contribution < -0.4 is 15.0 Å². The number of nitrogens with one attached hydrogen (secondary N) is 1. The van der Waals surface area contributed by atoms with E-state index in [0.717, 1.165) is 48.7 Å². The van der Waals surface area contributed by atoms with Crippen LogP contribution in [0.15, 0.2) is 73.1 Å². The Morgan fingerprint density at radius 3 is 2.57 bits per heavy atom. The molecule has 0 unspecified atom stereocenters. The Morgan fingerprint density at radius 2 is 1.80 bits per heavy atom. The third-order valence-corrected chi connectivity index (χ3v) is 8.83. The second-order valence-electron chi connectivity index (χ2n) is 12.4. The Hall–Kier alpha value is -4.50. The van der Waals surface area contributed by atoms with Crippen molar-refractivity contribution in [1.29, 1.82) is 0 Å². The summed E-state index contributed by atoms with van der Waals surface area (Å²) in [5, 5.41) is 10.8. The Bertz CT molecular complexity index is 1760. The lowest BCUT2D eigenvalue weighted by Crippen LogP contribution is -2.33. The van der Waals surface area contributed by atoms with E-state index < -0.39 is 0 Å². The molecule has 0 amide bonds. The fourth-order valence-electron chi connectivity index (χ4n) is 6.44. The molecule has 3 aromatic carbocycles. The van der Waals surface area contributed by atoms with Crippen molar-refractivity contribution in [1.82, 2.24) is 29.6 Å². The van der Waals surface area contributed by atoms with Gasteiger partial charge in [0.2, 0.25) is 0 Å². The lowest BCUT2D eigenvalue weighted by atomic mass is 9.98. The summed E-state index contributed by atoms with van der Waals surface area (Å²) in [6.07, 6.45) is 5.93. The number of aryl methyl sites for hydroxylation is 1. The number of nitrogens with zero attached hydrogens (tertiary/aromatic N) is 7. The number of hydrogen-bond acceptors (Lipinski definition) is 8. The lowest BCUT2D eigenvalue weighted by molar-refractivity contribution is 0.182. The molecule has 9 heteroatoms. The Labute approximate surface area is 258 Å². The van der Waals surface area contributed by atoms with Gasteiger partial charge in [0.25, 0.3) is 0 Å². The van der Waals surface area contributed by atoms with Crippen molar-refractivity contribution in [3.8, 4) is 11.7 Å². The Balaban J connectivity index is 1.17. The van der Waals surface area contributed by atoms with Crippen molar-refractivity contribution in [2.75, 3.05) is 44.0 Å². The highest BCUT2D eigenvalue weighted by atomic mass is 16.5. The van der Waals surface area contributed by atoms with Gasteiger partial charge in [0.1, 0.15) is 12.1 Å². The van der Waals surface area contributed by atoms with Crippen LogP contribution in [0.2, 0.25) is 0 Å². The first-order chi connectivity index (χ1) is 21.5. The first kappa shape index (κ1) is 28.3. The molecule has 226 valence electrons. The van der Waals surface area contributed by atoms with Crippen LogP contribution in [0.5, 0.6) is 6.01 Å². The maximum Gasteiger partial charge on any atom is 0.318 e. The number of benzene rings is 3. The molecule has 0 atom stereocenters. The number of ether oxygens (including phenoxy) is 1. The number of aromatic nitrogens is 5. The summed E-state index contributed by atoms with van der Waals surface area (Å²) in [5.74, 6) is 1.51. The van der Waals surface area contributed by atoms with Gasteiger partial charge in [-0.15, -0.1) is 5.10 Å². The van der Waals surface area contributed by atoms with E-state index in [1.165, 1.54) is 34.9 Å². The zero-order valence-corrected chi connectivity index (χ0v) is 25.8. The largest absolute Gasteiger partial charge is 0.463 e. The third-order valence-electron chi connectivity index (χ3n) is 8.83. The predicted molar refractivity (Wildman–Crippen MR) is 175 cm³/mol. The summed E-state index contributed by atoms with van der Waals surface area (Å²) in [4.78, 5) is 19.2. The Kier molecular flexibility index (Phi) is 7.64. The molecule has 2 aliphatic rings. The van der Waals surface area contributed by atoms with Crippen LogP contribution in [-0.4, -0.2) is 63.4 Å². The summed E-state index contributed by atoms with van der Waals surface area (Å²) in [7, 11) is 4.24. The summed E-state index contributed by atoms with van der Waals surface area (Å²) in [6, 6.07) is 23.7. The molecule has 1 N–H and O–H groups in total. The van der Waals surface area contributed by atoms with Gasteiger partial charge >= 0.3 is 6.01 Å². The molecule has 0 saturated heterocycles.